The van der Waals surface area contributed by atoms with E-state index in [1.807, 2.05) is 12.1 Å². The largest absolute Gasteiger partial charge is 0.478 e. The minimum absolute atomic E-state index is 0.409. The Bertz CT molecular complexity index is 442. The summed E-state index contributed by atoms with van der Waals surface area (Å²) in [5.74, 6) is -0.831. The third-order valence-electron chi connectivity index (χ3n) is 3.82. The fourth-order valence-corrected chi connectivity index (χ4v) is 2.77. The summed E-state index contributed by atoms with van der Waals surface area (Å²) in [6.45, 7) is 4.43. The molecule has 0 amide bonds. The molecule has 1 heterocycles. The monoisotopic (exact) mass is 261 g/mol. The van der Waals surface area contributed by atoms with E-state index in [-0.39, 0.29) is 0 Å². The van der Waals surface area contributed by atoms with Crippen LogP contribution in [0, 0.1) is 0 Å². The molecule has 0 saturated carbocycles. The second-order valence-electron chi connectivity index (χ2n) is 5.30. The molecular weight excluding hydrogens is 238 g/mol. The minimum atomic E-state index is -0.831. The summed E-state index contributed by atoms with van der Waals surface area (Å²) in [7, 11) is 0. The molecule has 0 unspecified atom stereocenters. The van der Waals surface area contributed by atoms with Gasteiger partial charge in [-0.05, 0) is 43.0 Å². The lowest BCUT2D eigenvalue weighted by Crippen LogP contribution is -2.30. The number of unbranched alkanes of at least 4 members (excludes halogenated alkanes) is 3. The van der Waals surface area contributed by atoms with Crippen molar-refractivity contribution in [1.82, 2.24) is 0 Å². The van der Waals surface area contributed by atoms with E-state index in [2.05, 4.69) is 11.8 Å². The summed E-state index contributed by atoms with van der Waals surface area (Å²) >= 11 is 0. The van der Waals surface area contributed by atoms with Gasteiger partial charge < -0.3 is 10.0 Å². The van der Waals surface area contributed by atoms with Crippen LogP contribution in [0.25, 0.3) is 0 Å². The number of carbonyl (C=O) groups is 1. The molecular formula is C16H23NO2. The maximum atomic E-state index is 11.0. The predicted octanol–water partition coefficient (Wildman–Crippen LogP) is 3.72. The SMILES string of the molecule is CCCCCCN1CCCc2cc(C(=O)O)ccc21. The lowest BCUT2D eigenvalue weighted by molar-refractivity contribution is 0.0697. The summed E-state index contributed by atoms with van der Waals surface area (Å²) in [5.41, 5.74) is 2.85. The van der Waals surface area contributed by atoms with Gasteiger partial charge in [0.1, 0.15) is 0 Å². The molecule has 0 aromatic heterocycles. The molecule has 0 spiro atoms. The van der Waals surface area contributed by atoms with E-state index < -0.39 is 5.97 Å². The van der Waals surface area contributed by atoms with E-state index >= 15 is 0 Å². The van der Waals surface area contributed by atoms with Crippen molar-refractivity contribution in [1.29, 1.82) is 0 Å². The summed E-state index contributed by atoms with van der Waals surface area (Å²) in [6, 6.07) is 5.55. The standard InChI is InChI=1S/C16H23NO2/c1-2-3-4-5-10-17-11-6-7-13-12-14(16(18)19)8-9-15(13)17/h8-9,12H,2-7,10-11H2,1H3,(H,18,19). The van der Waals surface area contributed by atoms with Gasteiger partial charge in [-0.25, -0.2) is 4.79 Å². The van der Waals surface area contributed by atoms with Crippen LogP contribution in [0.2, 0.25) is 0 Å². The molecule has 1 aromatic rings. The lowest BCUT2D eigenvalue weighted by atomic mass is 9.99. The van der Waals surface area contributed by atoms with Crippen molar-refractivity contribution in [3.8, 4) is 0 Å². The Morgan fingerprint density at radius 1 is 1.32 bits per heavy atom. The first-order valence-electron chi connectivity index (χ1n) is 7.33. The quantitative estimate of drug-likeness (QED) is 0.793. The fraction of sp³-hybridized carbons (Fsp3) is 0.562. The lowest BCUT2D eigenvalue weighted by Gasteiger charge is -2.31. The Balaban J connectivity index is 2.04. The molecule has 0 aliphatic carbocycles. The van der Waals surface area contributed by atoms with Crippen LogP contribution in [0.4, 0.5) is 5.69 Å². The molecule has 104 valence electrons. The summed E-state index contributed by atoms with van der Waals surface area (Å²) in [6.07, 6.45) is 7.21. The Morgan fingerprint density at radius 3 is 2.89 bits per heavy atom. The summed E-state index contributed by atoms with van der Waals surface area (Å²) < 4.78 is 0. The van der Waals surface area contributed by atoms with Crippen molar-refractivity contribution in [2.45, 2.75) is 45.4 Å². The summed E-state index contributed by atoms with van der Waals surface area (Å²) in [5, 5.41) is 9.04. The first kappa shape index (κ1) is 13.9. The van der Waals surface area contributed by atoms with Gasteiger partial charge in [0, 0.05) is 18.8 Å². The number of nitrogens with zero attached hydrogens (tertiary/aromatic N) is 1. The first-order valence-corrected chi connectivity index (χ1v) is 7.33. The van der Waals surface area contributed by atoms with Crippen LogP contribution in [-0.2, 0) is 6.42 Å². The Kier molecular flexibility index (Phi) is 4.83. The molecule has 1 aliphatic rings. The molecule has 0 saturated heterocycles. The molecule has 3 heteroatoms. The number of anilines is 1. The van der Waals surface area contributed by atoms with E-state index in [0.717, 1.165) is 25.9 Å². The van der Waals surface area contributed by atoms with Crippen LogP contribution in [-0.4, -0.2) is 24.2 Å². The molecule has 0 bridgehead atoms. The zero-order valence-electron chi connectivity index (χ0n) is 11.7. The van der Waals surface area contributed by atoms with Gasteiger partial charge in [-0.1, -0.05) is 26.2 Å². The van der Waals surface area contributed by atoms with E-state index in [9.17, 15) is 4.79 Å². The number of carboxylic acid groups (broad SMARTS) is 1. The summed E-state index contributed by atoms with van der Waals surface area (Å²) in [4.78, 5) is 13.4. The number of rotatable bonds is 6. The van der Waals surface area contributed by atoms with Crippen molar-refractivity contribution < 1.29 is 9.90 Å². The zero-order valence-corrected chi connectivity index (χ0v) is 11.7. The molecule has 1 aromatic carbocycles. The maximum absolute atomic E-state index is 11.0. The number of aromatic carboxylic acids is 1. The highest BCUT2D eigenvalue weighted by Crippen LogP contribution is 2.28. The van der Waals surface area contributed by atoms with Gasteiger partial charge in [0.15, 0.2) is 0 Å². The molecule has 19 heavy (non-hydrogen) atoms. The van der Waals surface area contributed by atoms with Crippen LogP contribution < -0.4 is 4.90 Å². The average Bonchev–Trinajstić information content (AvgIpc) is 2.43. The van der Waals surface area contributed by atoms with Crippen LogP contribution >= 0.6 is 0 Å². The van der Waals surface area contributed by atoms with Crippen molar-refractivity contribution in [3.63, 3.8) is 0 Å². The van der Waals surface area contributed by atoms with Gasteiger partial charge in [-0.15, -0.1) is 0 Å². The third-order valence-corrected chi connectivity index (χ3v) is 3.82. The van der Waals surface area contributed by atoms with E-state index in [4.69, 9.17) is 5.11 Å². The van der Waals surface area contributed by atoms with Gasteiger partial charge >= 0.3 is 5.97 Å². The molecule has 3 nitrogen and oxygen atoms in total. The number of carboxylic acids is 1. The fourth-order valence-electron chi connectivity index (χ4n) is 2.77. The normalized spacial score (nSPS) is 14.3. The Labute approximate surface area is 115 Å². The van der Waals surface area contributed by atoms with Crippen LogP contribution in [0.1, 0.15) is 54.9 Å². The highest BCUT2D eigenvalue weighted by Gasteiger charge is 2.17. The van der Waals surface area contributed by atoms with Crippen molar-refractivity contribution in [3.05, 3.63) is 29.3 Å². The van der Waals surface area contributed by atoms with Gasteiger partial charge in [0.05, 0.1) is 5.56 Å². The minimum Gasteiger partial charge on any atom is -0.478 e. The van der Waals surface area contributed by atoms with Crippen LogP contribution in [0.5, 0.6) is 0 Å². The number of hydrogen-bond acceptors (Lipinski definition) is 2. The number of fused-ring (bicyclic) bond motifs is 1. The highest BCUT2D eigenvalue weighted by molar-refractivity contribution is 5.88. The number of aryl methyl sites for hydroxylation is 1. The third kappa shape index (κ3) is 3.49. The second-order valence-corrected chi connectivity index (χ2v) is 5.30. The van der Waals surface area contributed by atoms with Crippen molar-refractivity contribution >= 4 is 11.7 Å². The average molecular weight is 261 g/mol. The van der Waals surface area contributed by atoms with Gasteiger partial charge in [0.2, 0.25) is 0 Å². The van der Waals surface area contributed by atoms with Crippen LogP contribution in [0.3, 0.4) is 0 Å². The van der Waals surface area contributed by atoms with Gasteiger partial charge in [-0.3, -0.25) is 0 Å². The topological polar surface area (TPSA) is 40.5 Å². The molecule has 1 aliphatic heterocycles. The van der Waals surface area contributed by atoms with Crippen LogP contribution in [0.15, 0.2) is 18.2 Å². The van der Waals surface area contributed by atoms with E-state index in [0.29, 0.717) is 5.56 Å². The van der Waals surface area contributed by atoms with Gasteiger partial charge in [-0.2, -0.15) is 0 Å². The molecule has 1 N–H and O–H groups in total. The molecule has 2 rings (SSSR count). The van der Waals surface area contributed by atoms with Crippen molar-refractivity contribution in [2.24, 2.45) is 0 Å². The van der Waals surface area contributed by atoms with E-state index in [1.54, 1.807) is 6.07 Å². The second kappa shape index (κ2) is 6.60. The predicted molar refractivity (Wildman–Crippen MR) is 78.1 cm³/mol. The number of hydrogen-bond donors (Lipinski definition) is 1. The molecule has 0 radical (unpaired) electrons. The molecule has 0 atom stereocenters. The van der Waals surface area contributed by atoms with Crippen molar-refractivity contribution in [2.75, 3.05) is 18.0 Å². The first-order chi connectivity index (χ1) is 9.22. The smallest absolute Gasteiger partial charge is 0.335 e. The zero-order chi connectivity index (χ0) is 13.7. The Morgan fingerprint density at radius 2 is 2.16 bits per heavy atom. The Hall–Kier alpha value is -1.51. The maximum Gasteiger partial charge on any atom is 0.335 e. The van der Waals surface area contributed by atoms with Gasteiger partial charge in [0.25, 0.3) is 0 Å². The molecule has 0 fully saturated rings. The van der Waals surface area contributed by atoms with E-state index in [1.165, 1.54) is 36.9 Å². The number of benzene rings is 1. The highest BCUT2D eigenvalue weighted by atomic mass is 16.4.